The van der Waals surface area contributed by atoms with Gasteiger partial charge in [-0.3, -0.25) is 4.79 Å². The van der Waals surface area contributed by atoms with Crippen LogP contribution >= 0.6 is 27.5 Å². The lowest BCUT2D eigenvalue weighted by atomic mass is 10.1. The molecule has 100 valence electrons. The molecule has 1 aromatic carbocycles. The largest absolute Gasteiger partial charge is 0.496 e. The topological polar surface area (TPSA) is 29.5 Å². The Morgan fingerprint density at radius 3 is 2.78 bits per heavy atom. The van der Waals surface area contributed by atoms with Crippen molar-refractivity contribution in [3.05, 3.63) is 28.2 Å². The number of amides is 1. The molecule has 0 aliphatic carbocycles. The van der Waals surface area contributed by atoms with Crippen LogP contribution in [0, 0.1) is 0 Å². The van der Waals surface area contributed by atoms with Gasteiger partial charge in [-0.1, -0.05) is 15.9 Å². The van der Waals surface area contributed by atoms with E-state index >= 15 is 0 Å². The summed E-state index contributed by atoms with van der Waals surface area (Å²) in [6, 6.07) is 5.41. The average molecular weight is 335 g/mol. The number of hydrogen-bond acceptors (Lipinski definition) is 2. The maximum absolute atomic E-state index is 12.4. The van der Waals surface area contributed by atoms with E-state index in [0.717, 1.165) is 10.9 Å². The zero-order valence-electron chi connectivity index (χ0n) is 10.6. The molecule has 0 saturated heterocycles. The second kappa shape index (κ2) is 7.64. The summed E-state index contributed by atoms with van der Waals surface area (Å²) >= 11 is 9.02. The lowest BCUT2D eigenvalue weighted by Gasteiger charge is -2.21. The quantitative estimate of drug-likeness (QED) is 0.745. The number of carbonyl (C=O) groups excluding carboxylic acids is 1. The maximum Gasteiger partial charge on any atom is 0.257 e. The number of methoxy groups -OCH3 is 1. The van der Waals surface area contributed by atoms with Crippen molar-refractivity contribution < 1.29 is 9.53 Å². The molecule has 5 heteroatoms. The van der Waals surface area contributed by atoms with Gasteiger partial charge in [0.05, 0.1) is 12.7 Å². The third-order valence-electron chi connectivity index (χ3n) is 2.62. The number of benzene rings is 1. The molecule has 1 aromatic rings. The SMILES string of the molecule is CCN(CCCCl)C(=O)c1ccc(Br)cc1OC. The number of rotatable bonds is 6. The number of hydrogen-bond donors (Lipinski definition) is 0. The Balaban J connectivity index is 2.93. The van der Waals surface area contributed by atoms with Gasteiger partial charge in [0.25, 0.3) is 5.91 Å². The van der Waals surface area contributed by atoms with E-state index in [1.807, 2.05) is 13.0 Å². The lowest BCUT2D eigenvalue weighted by molar-refractivity contribution is 0.0761. The Hall–Kier alpha value is -0.740. The zero-order valence-corrected chi connectivity index (χ0v) is 12.9. The molecule has 0 spiro atoms. The summed E-state index contributed by atoms with van der Waals surface area (Å²) in [4.78, 5) is 14.1. The van der Waals surface area contributed by atoms with Crippen molar-refractivity contribution in [1.82, 2.24) is 4.90 Å². The fraction of sp³-hybridized carbons (Fsp3) is 0.462. The lowest BCUT2D eigenvalue weighted by Crippen LogP contribution is -2.32. The Morgan fingerprint density at radius 2 is 2.22 bits per heavy atom. The molecule has 0 radical (unpaired) electrons. The average Bonchev–Trinajstić information content (AvgIpc) is 2.39. The molecule has 0 saturated carbocycles. The van der Waals surface area contributed by atoms with E-state index in [4.69, 9.17) is 16.3 Å². The highest BCUT2D eigenvalue weighted by atomic mass is 79.9. The molecule has 0 unspecified atom stereocenters. The van der Waals surface area contributed by atoms with Crippen molar-refractivity contribution in [2.45, 2.75) is 13.3 Å². The van der Waals surface area contributed by atoms with Gasteiger partial charge in [-0.25, -0.2) is 0 Å². The second-order valence-corrected chi connectivity index (χ2v) is 5.07. The van der Waals surface area contributed by atoms with Crippen LogP contribution in [0.4, 0.5) is 0 Å². The highest BCUT2D eigenvalue weighted by molar-refractivity contribution is 9.10. The number of nitrogens with zero attached hydrogens (tertiary/aromatic N) is 1. The van der Waals surface area contributed by atoms with E-state index < -0.39 is 0 Å². The maximum atomic E-state index is 12.4. The van der Waals surface area contributed by atoms with Crippen molar-refractivity contribution >= 4 is 33.4 Å². The summed E-state index contributed by atoms with van der Waals surface area (Å²) < 4.78 is 6.13. The van der Waals surface area contributed by atoms with E-state index in [1.54, 1.807) is 24.1 Å². The molecule has 0 atom stereocenters. The van der Waals surface area contributed by atoms with E-state index in [9.17, 15) is 4.79 Å². The third-order valence-corrected chi connectivity index (χ3v) is 3.39. The van der Waals surface area contributed by atoms with Crippen LogP contribution in [0.5, 0.6) is 5.75 Å². The van der Waals surface area contributed by atoms with Gasteiger partial charge in [0.1, 0.15) is 5.75 Å². The molecule has 0 bridgehead atoms. The molecule has 0 heterocycles. The highest BCUT2D eigenvalue weighted by Crippen LogP contribution is 2.24. The third kappa shape index (κ3) is 3.89. The Labute approximate surface area is 121 Å². The van der Waals surface area contributed by atoms with Crippen LogP contribution < -0.4 is 4.74 Å². The van der Waals surface area contributed by atoms with E-state index in [0.29, 0.717) is 30.3 Å². The molecule has 0 aliphatic heterocycles. The molecule has 0 aliphatic rings. The van der Waals surface area contributed by atoms with Crippen LogP contribution in [0.3, 0.4) is 0 Å². The van der Waals surface area contributed by atoms with E-state index in [2.05, 4.69) is 15.9 Å². The zero-order chi connectivity index (χ0) is 13.5. The van der Waals surface area contributed by atoms with Gasteiger partial charge in [-0.2, -0.15) is 0 Å². The minimum atomic E-state index is -0.0213. The van der Waals surface area contributed by atoms with Gasteiger partial charge in [-0.15, -0.1) is 11.6 Å². The molecule has 18 heavy (non-hydrogen) atoms. The fourth-order valence-electron chi connectivity index (χ4n) is 1.67. The standard InChI is InChI=1S/C13H17BrClNO2/c1-3-16(8-4-7-15)13(17)11-6-5-10(14)9-12(11)18-2/h5-6,9H,3-4,7-8H2,1-2H3. The van der Waals surface area contributed by atoms with Gasteiger partial charge < -0.3 is 9.64 Å². The number of halogens is 2. The number of ether oxygens (including phenoxy) is 1. The summed E-state index contributed by atoms with van der Waals surface area (Å²) in [5.74, 6) is 1.12. The predicted octanol–water partition coefficient (Wildman–Crippen LogP) is 3.55. The Bertz CT molecular complexity index is 412. The normalized spacial score (nSPS) is 10.2. The molecule has 0 fully saturated rings. The van der Waals surface area contributed by atoms with Crippen molar-refractivity contribution in [3.63, 3.8) is 0 Å². The molecule has 0 N–H and O–H groups in total. The molecule has 3 nitrogen and oxygen atoms in total. The predicted molar refractivity (Wildman–Crippen MR) is 77.6 cm³/mol. The van der Waals surface area contributed by atoms with Crippen molar-refractivity contribution in [2.75, 3.05) is 26.1 Å². The van der Waals surface area contributed by atoms with Gasteiger partial charge in [0, 0.05) is 23.4 Å². The molecular weight excluding hydrogens is 318 g/mol. The van der Waals surface area contributed by atoms with Gasteiger partial charge in [0.15, 0.2) is 0 Å². The monoisotopic (exact) mass is 333 g/mol. The first-order chi connectivity index (χ1) is 8.63. The summed E-state index contributed by atoms with van der Waals surface area (Å²) in [6.45, 7) is 3.28. The summed E-state index contributed by atoms with van der Waals surface area (Å²) in [5.41, 5.74) is 0.581. The van der Waals surface area contributed by atoms with Crippen LogP contribution in [-0.4, -0.2) is 36.9 Å². The van der Waals surface area contributed by atoms with Crippen molar-refractivity contribution in [3.8, 4) is 5.75 Å². The first-order valence-electron chi connectivity index (χ1n) is 5.82. The van der Waals surface area contributed by atoms with Crippen molar-refractivity contribution in [1.29, 1.82) is 0 Å². The fourth-order valence-corrected chi connectivity index (χ4v) is 2.13. The van der Waals surface area contributed by atoms with Gasteiger partial charge in [0.2, 0.25) is 0 Å². The Kier molecular flexibility index (Phi) is 6.50. The van der Waals surface area contributed by atoms with E-state index in [-0.39, 0.29) is 5.91 Å². The molecular formula is C13H17BrClNO2. The van der Waals surface area contributed by atoms with Crippen LogP contribution in [-0.2, 0) is 0 Å². The minimum Gasteiger partial charge on any atom is -0.496 e. The Morgan fingerprint density at radius 1 is 1.50 bits per heavy atom. The molecule has 1 rings (SSSR count). The number of alkyl halides is 1. The first kappa shape index (κ1) is 15.3. The van der Waals surface area contributed by atoms with Crippen LogP contribution in [0.2, 0.25) is 0 Å². The van der Waals surface area contributed by atoms with Gasteiger partial charge >= 0.3 is 0 Å². The van der Waals surface area contributed by atoms with Crippen LogP contribution in [0.1, 0.15) is 23.7 Å². The summed E-state index contributed by atoms with van der Waals surface area (Å²) in [5, 5.41) is 0. The van der Waals surface area contributed by atoms with Crippen LogP contribution in [0.15, 0.2) is 22.7 Å². The van der Waals surface area contributed by atoms with Crippen LogP contribution in [0.25, 0.3) is 0 Å². The summed E-state index contributed by atoms with van der Waals surface area (Å²) in [7, 11) is 1.56. The highest BCUT2D eigenvalue weighted by Gasteiger charge is 2.18. The summed E-state index contributed by atoms with van der Waals surface area (Å²) in [6.07, 6.45) is 0.792. The molecule has 1 amide bonds. The molecule has 0 aromatic heterocycles. The smallest absolute Gasteiger partial charge is 0.257 e. The second-order valence-electron chi connectivity index (χ2n) is 3.77. The van der Waals surface area contributed by atoms with E-state index in [1.165, 1.54) is 0 Å². The first-order valence-corrected chi connectivity index (χ1v) is 7.15. The number of carbonyl (C=O) groups is 1. The van der Waals surface area contributed by atoms with Gasteiger partial charge in [-0.05, 0) is 31.5 Å². The minimum absolute atomic E-state index is 0.0213. The van der Waals surface area contributed by atoms with Crippen molar-refractivity contribution in [2.24, 2.45) is 0 Å².